The average molecular weight is 342 g/mol. The molecule has 1 heterocycles. The second-order valence-corrected chi connectivity index (χ2v) is 4.97. The van der Waals surface area contributed by atoms with Crippen LogP contribution in [0.15, 0.2) is 24.3 Å². The van der Waals surface area contributed by atoms with E-state index in [0.717, 1.165) is 19.4 Å². The number of halogens is 1. The van der Waals surface area contributed by atoms with Gasteiger partial charge in [-0.3, -0.25) is 14.4 Å². The summed E-state index contributed by atoms with van der Waals surface area (Å²) < 4.78 is 4.44. The Kier molecular flexibility index (Phi) is 7.50. The molecular formula is C15H20ClN3O4. The van der Waals surface area contributed by atoms with Crippen molar-refractivity contribution in [2.24, 2.45) is 0 Å². The fraction of sp³-hybridized carbons (Fsp3) is 0.400. The molecule has 0 spiro atoms. The molecule has 0 aliphatic carbocycles. The third-order valence-electron chi connectivity index (χ3n) is 3.41. The number of esters is 1. The van der Waals surface area contributed by atoms with Crippen LogP contribution in [0.5, 0.6) is 0 Å². The van der Waals surface area contributed by atoms with Gasteiger partial charge >= 0.3 is 5.97 Å². The molecule has 8 heteroatoms. The fourth-order valence-corrected chi connectivity index (χ4v) is 2.17. The van der Waals surface area contributed by atoms with Gasteiger partial charge in [-0.1, -0.05) is 0 Å². The molecule has 126 valence electrons. The van der Waals surface area contributed by atoms with Crippen LogP contribution in [0.4, 0.5) is 5.69 Å². The molecule has 1 atom stereocenters. The lowest BCUT2D eigenvalue weighted by molar-refractivity contribution is -0.139. The van der Waals surface area contributed by atoms with Gasteiger partial charge in [-0.05, 0) is 43.7 Å². The van der Waals surface area contributed by atoms with Crippen LogP contribution in [0.3, 0.4) is 0 Å². The molecule has 1 aliphatic rings. The second-order valence-electron chi connectivity index (χ2n) is 4.97. The van der Waals surface area contributed by atoms with E-state index in [9.17, 15) is 14.4 Å². The lowest BCUT2D eigenvalue weighted by atomic mass is 10.1. The second kappa shape index (κ2) is 9.12. The van der Waals surface area contributed by atoms with Gasteiger partial charge in [0.2, 0.25) is 5.91 Å². The van der Waals surface area contributed by atoms with E-state index in [2.05, 4.69) is 20.7 Å². The number of amides is 2. The molecule has 2 amide bonds. The Morgan fingerprint density at radius 1 is 1.26 bits per heavy atom. The SMILES string of the molecule is COC(=O)CNC(=O)c1ccc(NC(=O)C2CCCN2)cc1.Cl. The fourth-order valence-electron chi connectivity index (χ4n) is 2.17. The summed E-state index contributed by atoms with van der Waals surface area (Å²) in [5.41, 5.74) is 1.03. The van der Waals surface area contributed by atoms with Gasteiger partial charge in [-0.15, -0.1) is 12.4 Å². The Morgan fingerprint density at radius 2 is 1.96 bits per heavy atom. The highest BCUT2D eigenvalue weighted by Gasteiger charge is 2.21. The minimum Gasteiger partial charge on any atom is -0.468 e. The highest BCUT2D eigenvalue weighted by atomic mass is 35.5. The molecule has 0 saturated carbocycles. The lowest BCUT2D eigenvalue weighted by Gasteiger charge is -2.11. The zero-order valence-corrected chi connectivity index (χ0v) is 13.6. The van der Waals surface area contributed by atoms with Crippen molar-refractivity contribution in [3.8, 4) is 0 Å². The van der Waals surface area contributed by atoms with E-state index in [1.165, 1.54) is 7.11 Å². The molecule has 1 aliphatic heterocycles. The molecule has 1 aromatic carbocycles. The summed E-state index contributed by atoms with van der Waals surface area (Å²) in [5, 5.41) is 8.37. The number of benzene rings is 1. The maximum Gasteiger partial charge on any atom is 0.325 e. The number of nitrogens with one attached hydrogen (secondary N) is 3. The van der Waals surface area contributed by atoms with Crippen LogP contribution in [0.25, 0.3) is 0 Å². The van der Waals surface area contributed by atoms with Gasteiger partial charge in [-0.2, -0.15) is 0 Å². The first-order chi connectivity index (χ1) is 10.6. The zero-order valence-electron chi connectivity index (χ0n) is 12.8. The number of carbonyl (C=O) groups is 3. The minimum absolute atomic E-state index is 0. The van der Waals surface area contributed by atoms with Crippen LogP contribution in [0.2, 0.25) is 0 Å². The summed E-state index contributed by atoms with van der Waals surface area (Å²) in [4.78, 5) is 34.7. The summed E-state index contributed by atoms with van der Waals surface area (Å²) in [7, 11) is 1.26. The van der Waals surface area contributed by atoms with Gasteiger partial charge in [0.15, 0.2) is 0 Å². The summed E-state index contributed by atoms with van der Waals surface area (Å²) in [6, 6.07) is 6.33. The monoisotopic (exact) mass is 341 g/mol. The van der Waals surface area contributed by atoms with Crippen LogP contribution in [-0.4, -0.2) is 44.0 Å². The molecule has 7 nitrogen and oxygen atoms in total. The molecule has 0 aromatic heterocycles. The Labute approximate surface area is 140 Å². The lowest BCUT2D eigenvalue weighted by Crippen LogP contribution is -2.35. The summed E-state index contributed by atoms with van der Waals surface area (Å²) in [5.74, 6) is -0.956. The Hall–Kier alpha value is -2.12. The van der Waals surface area contributed by atoms with Crippen molar-refractivity contribution in [1.29, 1.82) is 0 Å². The molecule has 1 unspecified atom stereocenters. The highest BCUT2D eigenvalue weighted by Crippen LogP contribution is 2.12. The van der Waals surface area contributed by atoms with E-state index in [0.29, 0.717) is 11.3 Å². The third kappa shape index (κ3) is 5.54. The molecule has 0 bridgehead atoms. The maximum absolute atomic E-state index is 11.9. The summed E-state index contributed by atoms with van der Waals surface area (Å²) in [6.07, 6.45) is 1.83. The van der Waals surface area contributed by atoms with E-state index < -0.39 is 5.97 Å². The standard InChI is InChI=1S/C15H19N3O4.ClH/c1-22-13(19)9-17-14(20)10-4-6-11(7-5-10)18-15(21)12-3-2-8-16-12;/h4-7,12,16H,2-3,8-9H2,1H3,(H,17,20)(H,18,21);1H. The average Bonchev–Trinajstić information content (AvgIpc) is 3.07. The quantitative estimate of drug-likeness (QED) is 0.685. The number of hydrogen-bond donors (Lipinski definition) is 3. The number of carbonyl (C=O) groups excluding carboxylic acids is 3. The van der Waals surface area contributed by atoms with E-state index >= 15 is 0 Å². The predicted molar refractivity (Wildman–Crippen MR) is 87.7 cm³/mol. The topological polar surface area (TPSA) is 96.5 Å². The molecule has 1 saturated heterocycles. The first-order valence-corrected chi connectivity index (χ1v) is 7.09. The van der Waals surface area contributed by atoms with E-state index in [4.69, 9.17) is 0 Å². The van der Waals surface area contributed by atoms with Gasteiger partial charge in [-0.25, -0.2) is 0 Å². The number of hydrogen-bond acceptors (Lipinski definition) is 5. The van der Waals surface area contributed by atoms with Crippen molar-refractivity contribution < 1.29 is 19.1 Å². The predicted octanol–water partition coefficient (Wildman–Crippen LogP) is 0.702. The summed E-state index contributed by atoms with van der Waals surface area (Å²) >= 11 is 0. The van der Waals surface area contributed by atoms with Gasteiger partial charge in [0.25, 0.3) is 5.91 Å². The van der Waals surface area contributed by atoms with Crippen LogP contribution in [0, 0.1) is 0 Å². The maximum atomic E-state index is 11.9. The number of ether oxygens (including phenoxy) is 1. The molecule has 0 radical (unpaired) electrons. The molecule has 1 aromatic rings. The van der Waals surface area contributed by atoms with Gasteiger partial charge in [0, 0.05) is 11.3 Å². The summed E-state index contributed by atoms with van der Waals surface area (Å²) in [6.45, 7) is 0.679. The van der Waals surface area contributed by atoms with E-state index in [1.54, 1.807) is 24.3 Å². The highest BCUT2D eigenvalue weighted by molar-refractivity contribution is 5.98. The smallest absolute Gasteiger partial charge is 0.325 e. The van der Waals surface area contributed by atoms with Crippen molar-refractivity contribution in [1.82, 2.24) is 10.6 Å². The Balaban J connectivity index is 0.00000264. The van der Waals surface area contributed by atoms with E-state index in [-0.39, 0.29) is 36.8 Å². The molecule has 3 N–H and O–H groups in total. The van der Waals surface area contributed by atoms with E-state index in [1.807, 2.05) is 0 Å². The largest absolute Gasteiger partial charge is 0.468 e. The van der Waals surface area contributed by atoms with Gasteiger partial charge in [0.1, 0.15) is 6.54 Å². The van der Waals surface area contributed by atoms with Gasteiger partial charge < -0.3 is 20.7 Å². The molecule has 1 fully saturated rings. The zero-order chi connectivity index (χ0) is 15.9. The van der Waals surface area contributed by atoms with Crippen molar-refractivity contribution in [3.63, 3.8) is 0 Å². The van der Waals surface area contributed by atoms with Crippen LogP contribution in [-0.2, 0) is 14.3 Å². The molecule has 2 rings (SSSR count). The first kappa shape index (κ1) is 18.9. The first-order valence-electron chi connectivity index (χ1n) is 7.09. The molecular weight excluding hydrogens is 322 g/mol. The van der Waals surface area contributed by atoms with Gasteiger partial charge in [0.05, 0.1) is 13.2 Å². The normalized spacial score (nSPS) is 16.1. The van der Waals surface area contributed by atoms with Crippen molar-refractivity contribution in [3.05, 3.63) is 29.8 Å². The van der Waals surface area contributed by atoms with Crippen LogP contribution < -0.4 is 16.0 Å². The number of anilines is 1. The Morgan fingerprint density at radius 3 is 2.52 bits per heavy atom. The number of methoxy groups -OCH3 is 1. The van der Waals surface area contributed by atoms with Crippen LogP contribution >= 0.6 is 12.4 Å². The van der Waals surface area contributed by atoms with Crippen molar-refractivity contribution in [2.75, 3.05) is 25.5 Å². The third-order valence-corrected chi connectivity index (χ3v) is 3.41. The number of rotatable bonds is 5. The van der Waals surface area contributed by atoms with Crippen molar-refractivity contribution in [2.45, 2.75) is 18.9 Å². The van der Waals surface area contributed by atoms with Crippen LogP contribution in [0.1, 0.15) is 23.2 Å². The van der Waals surface area contributed by atoms with Crippen molar-refractivity contribution >= 4 is 35.9 Å². The molecule has 23 heavy (non-hydrogen) atoms. The Bertz CT molecular complexity index is 556. The minimum atomic E-state index is -0.513.